The van der Waals surface area contributed by atoms with Crippen molar-refractivity contribution < 1.29 is 18.7 Å². The second kappa shape index (κ2) is 7.76. The number of nitrogens with zero attached hydrogens (tertiary/aromatic N) is 1. The van der Waals surface area contributed by atoms with Gasteiger partial charge in [0.05, 0.1) is 12.2 Å². The molecular formula is C21H29FN2O3. The summed E-state index contributed by atoms with van der Waals surface area (Å²) in [6.07, 6.45) is 4.46. The molecule has 0 aromatic heterocycles. The fraction of sp³-hybridized carbons (Fsp3) is 0.667. The Balaban J connectivity index is 1.29. The third-order valence-corrected chi connectivity index (χ3v) is 6.34. The van der Waals surface area contributed by atoms with Gasteiger partial charge in [-0.05, 0) is 61.8 Å². The summed E-state index contributed by atoms with van der Waals surface area (Å²) in [5.41, 5.74) is 2.02. The smallest absolute Gasteiger partial charge is 0.317 e. The summed E-state index contributed by atoms with van der Waals surface area (Å²) in [5, 5.41) is 3.22. The van der Waals surface area contributed by atoms with E-state index in [2.05, 4.69) is 5.32 Å². The number of carbonyl (C=O) groups is 1. The van der Waals surface area contributed by atoms with Gasteiger partial charge >= 0.3 is 6.03 Å². The Morgan fingerprint density at radius 3 is 2.78 bits per heavy atom. The van der Waals surface area contributed by atoms with Crippen LogP contribution in [-0.4, -0.2) is 55.5 Å². The van der Waals surface area contributed by atoms with Crippen LogP contribution in [0.15, 0.2) is 18.2 Å². The van der Waals surface area contributed by atoms with Crippen molar-refractivity contribution in [3.8, 4) is 0 Å². The summed E-state index contributed by atoms with van der Waals surface area (Å²) in [4.78, 5) is 14.6. The van der Waals surface area contributed by atoms with E-state index in [0.717, 1.165) is 57.4 Å². The standard InChI is InChI=1S/C21H29FN2O3/c1-15-12-17(22)2-3-19(15)16-4-8-24(9-5-16)20(25)23-18-6-10-27-21(13-18)7-11-26-14-21/h2-3,12,16,18H,4-11,13-14H2,1H3,(H,23,25)/t18-,21+/m1/s1. The van der Waals surface area contributed by atoms with E-state index in [0.29, 0.717) is 19.1 Å². The first-order valence-electron chi connectivity index (χ1n) is 10.1. The Morgan fingerprint density at radius 1 is 1.26 bits per heavy atom. The number of rotatable bonds is 2. The van der Waals surface area contributed by atoms with Gasteiger partial charge in [0.25, 0.3) is 0 Å². The maximum absolute atomic E-state index is 13.3. The van der Waals surface area contributed by atoms with E-state index < -0.39 is 0 Å². The zero-order valence-corrected chi connectivity index (χ0v) is 16.0. The molecule has 3 aliphatic heterocycles. The van der Waals surface area contributed by atoms with E-state index in [1.807, 2.05) is 17.9 Å². The van der Waals surface area contributed by atoms with Crippen molar-refractivity contribution in [3.63, 3.8) is 0 Å². The molecule has 3 saturated heterocycles. The van der Waals surface area contributed by atoms with E-state index in [9.17, 15) is 9.18 Å². The number of benzene rings is 1. The third-order valence-electron chi connectivity index (χ3n) is 6.34. The van der Waals surface area contributed by atoms with Crippen LogP contribution in [0.5, 0.6) is 0 Å². The largest absolute Gasteiger partial charge is 0.378 e. The summed E-state index contributed by atoms with van der Waals surface area (Å²) >= 11 is 0. The third kappa shape index (κ3) is 4.11. The number of ether oxygens (including phenoxy) is 2. The molecule has 0 bridgehead atoms. The Hall–Kier alpha value is -1.66. The lowest BCUT2D eigenvalue weighted by molar-refractivity contribution is -0.0881. The molecule has 1 aromatic rings. The van der Waals surface area contributed by atoms with Crippen molar-refractivity contribution in [2.45, 2.75) is 56.6 Å². The van der Waals surface area contributed by atoms with Crippen molar-refractivity contribution in [3.05, 3.63) is 35.1 Å². The molecule has 2 atom stereocenters. The lowest BCUT2D eigenvalue weighted by Crippen LogP contribution is -2.53. The SMILES string of the molecule is Cc1cc(F)ccc1C1CCN(C(=O)N[C@@H]2CCO[C@@]3(CCOC3)C2)CC1. The fourth-order valence-corrected chi connectivity index (χ4v) is 4.77. The first kappa shape index (κ1) is 18.7. The van der Waals surface area contributed by atoms with Crippen LogP contribution in [0.2, 0.25) is 0 Å². The molecule has 0 saturated carbocycles. The van der Waals surface area contributed by atoms with Gasteiger partial charge in [0.15, 0.2) is 0 Å². The molecule has 148 valence electrons. The number of halogens is 1. The molecule has 1 spiro atoms. The van der Waals surface area contributed by atoms with Crippen molar-refractivity contribution in [2.75, 3.05) is 32.9 Å². The quantitative estimate of drug-likeness (QED) is 0.861. The van der Waals surface area contributed by atoms with E-state index in [1.54, 1.807) is 6.07 Å². The number of hydrogen-bond acceptors (Lipinski definition) is 3. The average Bonchev–Trinajstić information content (AvgIpc) is 3.09. The summed E-state index contributed by atoms with van der Waals surface area (Å²) in [7, 11) is 0. The molecule has 0 aliphatic carbocycles. The molecule has 0 radical (unpaired) electrons. The zero-order chi connectivity index (χ0) is 18.9. The lowest BCUT2D eigenvalue weighted by Gasteiger charge is -2.39. The van der Waals surface area contributed by atoms with Crippen LogP contribution in [0.3, 0.4) is 0 Å². The highest BCUT2D eigenvalue weighted by Crippen LogP contribution is 2.33. The minimum Gasteiger partial charge on any atom is -0.378 e. The average molecular weight is 376 g/mol. The van der Waals surface area contributed by atoms with E-state index in [-0.39, 0.29) is 23.5 Å². The van der Waals surface area contributed by atoms with E-state index in [1.165, 1.54) is 11.6 Å². The number of amides is 2. The number of urea groups is 1. The second-order valence-electron chi connectivity index (χ2n) is 8.24. The van der Waals surface area contributed by atoms with E-state index in [4.69, 9.17) is 9.47 Å². The van der Waals surface area contributed by atoms with Gasteiger partial charge in [-0.2, -0.15) is 0 Å². The molecule has 6 heteroatoms. The highest BCUT2D eigenvalue weighted by atomic mass is 19.1. The van der Waals surface area contributed by atoms with Gasteiger partial charge < -0.3 is 19.7 Å². The fourth-order valence-electron chi connectivity index (χ4n) is 4.77. The highest BCUT2D eigenvalue weighted by Gasteiger charge is 2.41. The van der Waals surface area contributed by atoms with Crippen LogP contribution in [0, 0.1) is 12.7 Å². The Labute approximate surface area is 160 Å². The predicted molar refractivity (Wildman–Crippen MR) is 100 cm³/mol. The molecule has 2 amide bonds. The van der Waals surface area contributed by atoms with Crippen molar-refractivity contribution >= 4 is 6.03 Å². The number of aryl methyl sites for hydroxylation is 1. The van der Waals surface area contributed by atoms with Crippen LogP contribution >= 0.6 is 0 Å². The van der Waals surface area contributed by atoms with Crippen LogP contribution < -0.4 is 5.32 Å². The van der Waals surface area contributed by atoms with Gasteiger partial charge in [0.2, 0.25) is 0 Å². The Kier molecular flexibility index (Phi) is 5.37. The minimum atomic E-state index is -0.191. The van der Waals surface area contributed by atoms with Gasteiger partial charge in [0, 0.05) is 38.8 Å². The zero-order valence-electron chi connectivity index (χ0n) is 16.0. The highest BCUT2D eigenvalue weighted by molar-refractivity contribution is 5.74. The number of likely N-dealkylation sites (tertiary alicyclic amines) is 1. The number of hydrogen-bond donors (Lipinski definition) is 1. The molecule has 3 heterocycles. The lowest BCUT2D eigenvalue weighted by atomic mass is 9.87. The first-order chi connectivity index (χ1) is 13.0. The van der Waals surface area contributed by atoms with Gasteiger partial charge in [0.1, 0.15) is 5.82 Å². The molecule has 4 rings (SSSR count). The van der Waals surface area contributed by atoms with Gasteiger partial charge in [-0.3, -0.25) is 0 Å². The summed E-state index contributed by atoms with van der Waals surface area (Å²) in [5.74, 6) is 0.214. The molecule has 3 aliphatic rings. The summed E-state index contributed by atoms with van der Waals surface area (Å²) < 4.78 is 24.8. The molecular weight excluding hydrogens is 347 g/mol. The summed E-state index contributed by atoms with van der Waals surface area (Å²) in [6, 6.07) is 5.23. The van der Waals surface area contributed by atoms with Gasteiger partial charge in [-0.25, -0.2) is 9.18 Å². The summed E-state index contributed by atoms with van der Waals surface area (Å²) in [6.45, 7) is 5.51. The van der Waals surface area contributed by atoms with Gasteiger partial charge in [-0.15, -0.1) is 0 Å². The molecule has 1 N–H and O–H groups in total. The van der Waals surface area contributed by atoms with Crippen molar-refractivity contribution in [1.82, 2.24) is 10.2 Å². The number of nitrogens with one attached hydrogen (secondary N) is 1. The molecule has 1 aromatic carbocycles. The second-order valence-corrected chi connectivity index (χ2v) is 8.24. The monoisotopic (exact) mass is 376 g/mol. The van der Waals surface area contributed by atoms with Crippen molar-refractivity contribution in [1.29, 1.82) is 0 Å². The first-order valence-corrected chi connectivity index (χ1v) is 10.1. The maximum Gasteiger partial charge on any atom is 0.317 e. The van der Waals surface area contributed by atoms with Crippen LogP contribution in [0.25, 0.3) is 0 Å². The minimum absolute atomic E-state index is 0.0326. The Bertz CT molecular complexity index is 682. The molecule has 5 nitrogen and oxygen atoms in total. The number of piperidine rings is 1. The van der Waals surface area contributed by atoms with E-state index >= 15 is 0 Å². The van der Waals surface area contributed by atoms with Gasteiger partial charge in [-0.1, -0.05) is 6.07 Å². The molecule has 27 heavy (non-hydrogen) atoms. The number of carbonyl (C=O) groups excluding carboxylic acids is 1. The van der Waals surface area contributed by atoms with Crippen LogP contribution in [-0.2, 0) is 9.47 Å². The molecule has 0 unspecified atom stereocenters. The predicted octanol–water partition coefficient (Wildman–Crippen LogP) is 3.36. The van der Waals surface area contributed by atoms with Crippen LogP contribution in [0.1, 0.15) is 49.1 Å². The normalized spacial score (nSPS) is 29.3. The van der Waals surface area contributed by atoms with Crippen molar-refractivity contribution in [2.24, 2.45) is 0 Å². The van der Waals surface area contributed by atoms with Crippen LogP contribution in [0.4, 0.5) is 9.18 Å². The Morgan fingerprint density at radius 2 is 2.07 bits per heavy atom. The maximum atomic E-state index is 13.3. The molecule has 3 fully saturated rings. The topological polar surface area (TPSA) is 50.8 Å².